The predicted octanol–water partition coefficient (Wildman–Crippen LogP) is 4.46. The quantitative estimate of drug-likeness (QED) is 0.207. The summed E-state index contributed by atoms with van der Waals surface area (Å²) in [4.78, 5) is 37.7. The molecule has 0 unspecified atom stereocenters. The standard InChI is InChI=1S/C22H15ClN2O6/c23-15-8-6-13(7-9-15)20(26)18-19(14-3-1-4-16(11-14)25(29)30)24(22(28)21(18)27)12-17-5-2-10-31-17/h1-11,19,26H,12H2/t19-/m0/s1. The number of nitro benzene ring substituents is 1. The molecule has 0 bridgehead atoms. The maximum atomic E-state index is 12.9. The van der Waals surface area contributed by atoms with Crippen LogP contribution in [-0.4, -0.2) is 26.6 Å². The highest BCUT2D eigenvalue weighted by Gasteiger charge is 2.46. The minimum absolute atomic E-state index is 0.0532. The molecule has 1 atom stereocenters. The van der Waals surface area contributed by atoms with E-state index in [4.69, 9.17) is 16.0 Å². The Balaban J connectivity index is 1.89. The Kier molecular flexibility index (Phi) is 5.31. The minimum Gasteiger partial charge on any atom is -0.507 e. The number of hydrogen-bond acceptors (Lipinski definition) is 6. The average Bonchev–Trinajstić information content (AvgIpc) is 3.36. The Morgan fingerprint density at radius 3 is 2.52 bits per heavy atom. The van der Waals surface area contributed by atoms with Gasteiger partial charge in [-0.2, -0.15) is 0 Å². The van der Waals surface area contributed by atoms with E-state index in [2.05, 4.69) is 0 Å². The number of furan rings is 1. The van der Waals surface area contributed by atoms with Crippen LogP contribution in [0, 0.1) is 10.1 Å². The van der Waals surface area contributed by atoms with Crippen LogP contribution in [0.3, 0.4) is 0 Å². The molecule has 0 saturated carbocycles. The molecule has 1 aromatic heterocycles. The molecule has 0 radical (unpaired) electrons. The maximum absolute atomic E-state index is 12.9. The number of aliphatic hydroxyl groups excluding tert-OH is 1. The van der Waals surface area contributed by atoms with Gasteiger partial charge in [-0.15, -0.1) is 0 Å². The Morgan fingerprint density at radius 1 is 1.13 bits per heavy atom. The van der Waals surface area contributed by atoms with Crippen molar-refractivity contribution < 1.29 is 24.0 Å². The van der Waals surface area contributed by atoms with Crippen LogP contribution in [0.25, 0.3) is 5.76 Å². The van der Waals surface area contributed by atoms with Crippen LogP contribution in [-0.2, 0) is 16.1 Å². The number of carbonyl (C=O) groups is 2. The molecule has 1 fully saturated rings. The van der Waals surface area contributed by atoms with Gasteiger partial charge in [0, 0.05) is 22.7 Å². The fourth-order valence-electron chi connectivity index (χ4n) is 3.53. The molecule has 2 heterocycles. The average molecular weight is 439 g/mol. The summed E-state index contributed by atoms with van der Waals surface area (Å²) in [7, 11) is 0. The van der Waals surface area contributed by atoms with Crippen LogP contribution in [0.2, 0.25) is 5.02 Å². The van der Waals surface area contributed by atoms with Crippen LogP contribution in [0.1, 0.15) is 22.9 Å². The number of Topliss-reactive ketones (excluding diaryl/α,β-unsaturated/α-hetero) is 1. The first-order valence-corrected chi connectivity index (χ1v) is 9.55. The molecular formula is C22H15ClN2O6. The van der Waals surface area contributed by atoms with E-state index in [0.29, 0.717) is 16.3 Å². The zero-order valence-electron chi connectivity index (χ0n) is 15.9. The van der Waals surface area contributed by atoms with Crippen molar-refractivity contribution in [2.24, 2.45) is 0 Å². The third kappa shape index (κ3) is 3.80. The van der Waals surface area contributed by atoms with Crippen LogP contribution >= 0.6 is 11.6 Å². The van der Waals surface area contributed by atoms with E-state index in [-0.39, 0.29) is 23.4 Å². The van der Waals surface area contributed by atoms with Gasteiger partial charge < -0.3 is 14.4 Å². The zero-order chi connectivity index (χ0) is 22.1. The van der Waals surface area contributed by atoms with Gasteiger partial charge in [-0.25, -0.2) is 0 Å². The second-order valence-electron chi connectivity index (χ2n) is 6.87. The monoisotopic (exact) mass is 438 g/mol. The summed E-state index contributed by atoms with van der Waals surface area (Å²) in [6.45, 7) is -0.0532. The normalized spacial score (nSPS) is 17.8. The lowest BCUT2D eigenvalue weighted by Crippen LogP contribution is -2.29. The molecule has 156 valence electrons. The summed E-state index contributed by atoms with van der Waals surface area (Å²) in [6, 6.07) is 14.0. The van der Waals surface area contributed by atoms with Crippen LogP contribution in [0.5, 0.6) is 0 Å². The SMILES string of the molecule is O=C1C(=O)N(Cc2ccco2)[C@@H](c2cccc([N+](=O)[O-])c2)C1=C(O)c1ccc(Cl)cc1. The van der Waals surface area contributed by atoms with Crippen molar-refractivity contribution in [2.75, 3.05) is 0 Å². The number of amides is 1. The molecule has 9 heteroatoms. The molecule has 2 aromatic carbocycles. The summed E-state index contributed by atoms with van der Waals surface area (Å²) in [6.07, 6.45) is 1.43. The summed E-state index contributed by atoms with van der Waals surface area (Å²) < 4.78 is 5.31. The molecule has 1 aliphatic rings. The highest BCUT2D eigenvalue weighted by molar-refractivity contribution is 6.46. The summed E-state index contributed by atoms with van der Waals surface area (Å²) in [5, 5.41) is 22.6. The van der Waals surface area contributed by atoms with Crippen molar-refractivity contribution >= 4 is 34.7 Å². The van der Waals surface area contributed by atoms with Crippen molar-refractivity contribution in [3.05, 3.63) is 105 Å². The lowest BCUT2D eigenvalue weighted by atomic mass is 9.95. The van der Waals surface area contributed by atoms with Crippen molar-refractivity contribution in [3.63, 3.8) is 0 Å². The van der Waals surface area contributed by atoms with E-state index in [1.807, 2.05) is 0 Å². The number of likely N-dealkylation sites (tertiary alicyclic amines) is 1. The van der Waals surface area contributed by atoms with E-state index in [1.54, 1.807) is 18.2 Å². The van der Waals surface area contributed by atoms with Crippen LogP contribution in [0.15, 0.2) is 76.9 Å². The first kappa shape index (κ1) is 20.4. The minimum atomic E-state index is -1.04. The third-order valence-electron chi connectivity index (χ3n) is 4.96. The Labute approximate surface area is 181 Å². The fraction of sp³-hybridized carbons (Fsp3) is 0.0909. The highest BCUT2D eigenvalue weighted by Crippen LogP contribution is 2.41. The predicted molar refractivity (Wildman–Crippen MR) is 111 cm³/mol. The van der Waals surface area contributed by atoms with Crippen molar-refractivity contribution in [1.82, 2.24) is 4.90 Å². The van der Waals surface area contributed by atoms with Gasteiger partial charge in [-0.1, -0.05) is 23.7 Å². The van der Waals surface area contributed by atoms with Gasteiger partial charge in [0.05, 0.1) is 29.3 Å². The molecule has 1 N–H and O–H groups in total. The van der Waals surface area contributed by atoms with E-state index in [0.717, 1.165) is 0 Å². The summed E-state index contributed by atoms with van der Waals surface area (Å²) in [5.41, 5.74) is 0.234. The van der Waals surface area contributed by atoms with E-state index >= 15 is 0 Å². The lowest BCUT2D eigenvalue weighted by molar-refractivity contribution is -0.384. The molecule has 8 nitrogen and oxygen atoms in total. The number of benzene rings is 2. The number of halogens is 1. The Morgan fingerprint density at radius 2 is 1.87 bits per heavy atom. The topological polar surface area (TPSA) is 114 Å². The Hall–Kier alpha value is -3.91. The largest absolute Gasteiger partial charge is 0.507 e. The van der Waals surface area contributed by atoms with Gasteiger partial charge in [0.2, 0.25) is 0 Å². The number of rotatable bonds is 5. The first-order valence-electron chi connectivity index (χ1n) is 9.18. The maximum Gasteiger partial charge on any atom is 0.296 e. The number of carbonyl (C=O) groups excluding carboxylic acids is 2. The van der Waals surface area contributed by atoms with Crippen LogP contribution < -0.4 is 0 Å². The fourth-order valence-corrected chi connectivity index (χ4v) is 3.66. The van der Waals surface area contributed by atoms with Gasteiger partial charge in [-0.05, 0) is 42.0 Å². The molecule has 3 aromatic rings. The van der Waals surface area contributed by atoms with E-state index < -0.39 is 28.4 Å². The summed E-state index contributed by atoms with van der Waals surface area (Å²) >= 11 is 5.90. The van der Waals surface area contributed by atoms with Crippen molar-refractivity contribution in [1.29, 1.82) is 0 Å². The highest BCUT2D eigenvalue weighted by atomic mass is 35.5. The number of nitrogens with zero attached hydrogens (tertiary/aromatic N) is 2. The van der Waals surface area contributed by atoms with Gasteiger partial charge in [0.15, 0.2) is 0 Å². The third-order valence-corrected chi connectivity index (χ3v) is 5.21. The van der Waals surface area contributed by atoms with E-state index in [1.165, 1.54) is 53.6 Å². The number of aliphatic hydroxyl groups is 1. The van der Waals surface area contributed by atoms with Gasteiger partial charge in [0.1, 0.15) is 11.5 Å². The number of nitro groups is 1. The molecular weight excluding hydrogens is 424 g/mol. The van der Waals surface area contributed by atoms with Crippen LogP contribution in [0.4, 0.5) is 5.69 Å². The number of ketones is 1. The first-order chi connectivity index (χ1) is 14.9. The molecule has 0 aliphatic carbocycles. The lowest BCUT2D eigenvalue weighted by Gasteiger charge is -2.24. The molecule has 1 saturated heterocycles. The molecule has 0 spiro atoms. The molecule has 4 rings (SSSR count). The van der Waals surface area contributed by atoms with Crippen molar-refractivity contribution in [2.45, 2.75) is 12.6 Å². The van der Waals surface area contributed by atoms with Gasteiger partial charge >= 0.3 is 0 Å². The second-order valence-corrected chi connectivity index (χ2v) is 7.30. The molecule has 31 heavy (non-hydrogen) atoms. The zero-order valence-corrected chi connectivity index (χ0v) is 16.7. The molecule has 1 aliphatic heterocycles. The second kappa shape index (κ2) is 8.08. The Bertz CT molecular complexity index is 1200. The summed E-state index contributed by atoms with van der Waals surface area (Å²) in [5.74, 6) is -1.71. The van der Waals surface area contributed by atoms with Gasteiger partial charge in [-0.3, -0.25) is 19.7 Å². The number of non-ortho nitro benzene ring substituents is 1. The van der Waals surface area contributed by atoms with Gasteiger partial charge in [0.25, 0.3) is 17.4 Å². The molecule has 1 amide bonds. The van der Waals surface area contributed by atoms with Crippen molar-refractivity contribution in [3.8, 4) is 0 Å². The van der Waals surface area contributed by atoms with E-state index in [9.17, 15) is 24.8 Å². The number of hydrogen-bond donors (Lipinski definition) is 1. The smallest absolute Gasteiger partial charge is 0.296 e.